The van der Waals surface area contributed by atoms with Crippen LogP contribution < -0.4 is 0 Å². The van der Waals surface area contributed by atoms with Gasteiger partial charge in [-0.1, -0.05) is 0 Å². The first-order chi connectivity index (χ1) is 3.86. The molecule has 0 saturated carbocycles. The van der Waals surface area contributed by atoms with Crippen molar-refractivity contribution in [1.82, 2.24) is 4.90 Å². The van der Waals surface area contributed by atoms with Crippen molar-refractivity contribution < 1.29 is 5.11 Å². The predicted octanol–water partition coefficient (Wildman–Crippen LogP) is 0.0304. The lowest BCUT2D eigenvalue weighted by Crippen LogP contribution is -2.28. The van der Waals surface area contributed by atoms with E-state index in [2.05, 4.69) is 4.90 Å². The highest BCUT2D eigenvalue weighted by Gasteiger charge is 2.35. The number of piperidine rings is 1. The van der Waals surface area contributed by atoms with Crippen molar-refractivity contribution in [2.24, 2.45) is 5.92 Å². The van der Waals surface area contributed by atoms with Gasteiger partial charge in [0.2, 0.25) is 0 Å². The molecule has 2 fully saturated rings. The van der Waals surface area contributed by atoms with Gasteiger partial charge < -0.3 is 5.11 Å². The minimum atomic E-state index is -0.0891. The molecule has 2 heterocycles. The lowest BCUT2D eigenvalue weighted by atomic mass is 10.1. The van der Waals surface area contributed by atoms with Crippen molar-refractivity contribution in [2.75, 3.05) is 13.1 Å². The Morgan fingerprint density at radius 2 is 2.38 bits per heavy atom. The molecule has 3 unspecified atom stereocenters. The smallest absolute Gasteiger partial charge is 0.107 e. The molecule has 0 spiro atoms. The molecular formula is C6H11NO. The molecule has 2 heteroatoms. The van der Waals surface area contributed by atoms with Crippen LogP contribution in [0, 0.1) is 5.92 Å². The minimum Gasteiger partial charge on any atom is -0.378 e. The molecule has 2 aliphatic heterocycles. The van der Waals surface area contributed by atoms with Gasteiger partial charge in [0.25, 0.3) is 0 Å². The summed E-state index contributed by atoms with van der Waals surface area (Å²) in [5, 5.41) is 9.15. The molecule has 2 nitrogen and oxygen atoms in total. The Bertz CT molecular complexity index is 103. The summed E-state index contributed by atoms with van der Waals surface area (Å²) in [6, 6.07) is 0. The number of rotatable bonds is 0. The molecule has 2 rings (SSSR count). The second-order valence-corrected chi connectivity index (χ2v) is 2.87. The van der Waals surface area contributed by atoms with E-state index in [1.165, 1.54) is 6.42 Å². The fourth-order valence-electron chi connectivity index (χ4n) is 1.77. The maximum absolute atomic E-state index is 9.15. The van der Waals surface area contributed by atoms with E-state index in [0.29, 0.717) is 0 Å². The van der Waals surface area contributed by atoms with Crippen molar-refractivity contribution in [2.45, 2.75) is 19.1 Å². The zero-order chi connectivity index (χ0) is 5.56. The highest BCUT2D eigenvalue weighted by Crippen LogP contribution is 2.30. The Morgan fingerprint density at radius 1 is 1.50 bits per heavy atom. The summed E-state index contributed by atoms with van der Waals surface area (Å²) in [5.41, 5.74) is 0. The van der Waals surface area contributed by atoms with Crippen molar-refractivity contribution in [3.05, 3.63) is 0 Å². The van der Waals surface area contributed by atoms with Gasteiger partial charge in [0.1, 0.15) is 6.23 Å². The molecule has 8 heavy (non-hydrogen) atoms. The molecule has 0 aromatic carbocycles. The fraction of sp³-hybridized carbons (Fsp3) is 1.00. The third kappa shape index (κ3) is 0.501. The van der Waals surface area contributed by atoms with Crippen molar-refractivity contribution in [3.8, 4) is 0 Å². The van der Waals surface area contributed by atoms with Crippen LogP contribution in [-0.2, 0) is 0 Å². The molecule has 3 atom stereocenters. The Balaban J connectivity index is 2.11. The first-order valence-electron chi connectivity index (χ1n) is 3.28. The number of fused-ring (bicyclic) bond motifs is 2. The summed E-state index contributed by atoms with van der Waals surface area (Å²) >= 11 is 0. The zero-order valence-corrected chi connectivity index (χ0v) is 4.88. The molecule has 1 N–H and O–H groups in total. The number of hydrogen-bond donors (Lipinski definition) is 1. The summed E-state index contributed by atoms with van der Waals surface area (Å²) in [7, 11) is 0. The second kappa shape index (κ2) is 1.45. The van der Waals surface area contributed by atoms with E-state index < -0.39 is 0 Å². The van der Waals surface area contributed by atoms with Crippen molar-refractivity contribution >= 4 is 0 Å². The maximum Gasteiger partial charge on any atom is 0.107 e. The van der Waals surface area contributed by atoms with E-state index in [0.717, 1.165) is 25.4 Å². The van der Waals surface area contributed by atoms with Crippen LogP contribution in [0.2, 0.25) is 0 Å². The quantitative estimate of drug-likeness (QED) is 0.479. The summed E-state index contributed by atoms with van der Waals surface area (Å²) in [4.78, 5) is 2.16. The lowest BCUT2D eigenvalue weighted by Gasteiger charge is -2.18. The molecule has 46 valence electrons. The first kappa shape index (κ1) is 4.77. The van der Waals surface area contributed by atoms with E-state index in [1.807, 2.05) is 0 Å². The molecule has 0 aromatic rings. The van der Waals surface area contributed by atoms with Crippen LogP contribution in [0.4, 0.5) is 0 Å². The third-order valence-electron chi connectivity index (χ3n) is 2.28. The molecule has 0 amide bonds. The lowest BCUT2D eigenvalue weighted by molar-refractivity contribution is 0.0326. The van der Waals surface area contributed by atoms with E-state index >= 15 is 0 Å². The van der Waals surface area contributed by atoms with Crippen LogP contribution >= 0.6 is 0 Å². The van der Waals surface area contributed by atoms with E-state index in [4.69, 9.17) is 5.11 Å². The number of aliphatic hydroxyl groups excluding tert-OH is 1. The van der Waals surface area contributed by atoms with Crippen LogP contribution in [0.5, 0.6) is 0 Å². The normalized spacial score (nSPS) is 52.9. The molecule has 0 aliphatic carbocycles. The van der Waals surface area contributed by atoms with Gasteiger partial charge in [-0.15, -0.1) is 0 Å². The van der Waals surface area contributed by atoms with E-state index in [-0.39, 0.29) is 6.23 Å². The van der Waals surface area contributed by atoms with Crippen LogP contribution in [0.15, 0.2) is 0 Å². The standard InChI is InChI=1S/C6H11NO/c8-6-3-5-1-2-7(6)4-5/h5-6,8H,1-4H2. The SMILES string of the molecule is OC1CC2CCN1C2. The van der Waals surface area contributed by atoms with Gasteiger partial charge in [-0.3, -0.25) is 4.90 Å². The van der Waals surface area contributed by atoms with Crippen LogP contribution in [0.25, 0.3) is 0 Å². The molecular weight excluding hydrogens is 102 g/mol. The molecule has 2 aliphatic rings. The van der Waals surface area contributed by atoms with Gasteiger partial charge in [-0.25, -0.2) is 0 Å². The molecule has 0 aromatic heterocycles. The first-order valence-corrected chi connectivity index (χ1v) is 3.28. The van der Waals surface area contributed by atoms with E-state index in [1.54, 1.807) is 0 Å². The third-order valence-corrected chi connectivity index (χ3v) is 2.28. The highest BCUT2D eigenvalue weighted by atomic mass is 16.3. The minimum absolute atomic E-state index is 0.0891. The van der Waals surface area contributed by atoms with Crippen LogP contribution in [0.3, 0.4) is 0 Å². The highest BCUT2D eigenvalue weighted by molar-refractivity contribution is 4.85. The Morgan fingerprint density at radius 3 is 2.62 bits per heavy atom. The molecule has 2 bridgehead atoms. The number of aliphatic hydroxyl groups is 1. The average Bonchev–Trinajstić information content (AvgIpc) is 2.23. The van der Waals surface area contributed by atoms with Crippen LogP contribution in [-0.4, -0.2) is 29.3 Å². The second-order valence-electron chi connectivity index (χ2n) is 2.87. The van der Waals surface area contributed by atoms with Crippen molar-refractivity contribution in [3.63, 3.8) is 0 Å². The Kier molecular flexibility index (Phi) is 0.866. The topological polar surface area (TPSA) is 23.5 Å². The number of hydrogen-bond acceptors (Lipinski definition) is 2. The molecule has 2 saturated heterocycles. The Labute approximate surface area is 49.1 Å². The van der Waals surface area contributed by atoms with Gasteiger partial charge in [-0.2, -0.15) is 0 Å². The van der Waals surface area contributed by atoms with Gasteiger partial charge in [0.15, 0.2) is 0 Å². The fourth-order valence-corrected chi connectivity index (χ4v) is 1.77. The van der Waals surface area contributed by atoms with Gasteiger partial charge in [0.05, 0.1) is 0 Å². The summed E-state index contributed by atoms with van der Waals surface area (Å²) in [5.74, 6) is 0.824. The average molecular weight is 113 g/mol. The van der Waals surface area contributed by atoms with Gasteiger partial charge in [0, 0.05) is 13.1 Å². The van der Waals surface area contributed by atoms with E-state index in [9.17, 15) is 0 Å². The molecule has 0 radical (unpaired) electrons. The van der Waals surface area contributed by atoms with Crippen LogP contribution in [0.1, 0.15) is 12.8 Å². The zero-order valence-electron chi connectivity index (χ0n) is 4.88. The van der Waals surface area contributed by atoms with Gasteiger partial charge >= 0.3 is 0 Å². The number of nitrogens with zero attached hydrogens (tertiary/aromatic N) is 1. The Hall–Kier alpha value is -0.0800. The monoisotopic (exact) mass is 113 g/mol. The summed E-state index contributed by atoms with van der Waals surface area (Å²) in [6.45, 7) is 2.28. The largest absolute Gasteiger partial charge is 0.378 e. The maximum atomic E-state index is 9.15. The van der Waals surface area contributed by atoms with Crippen molar-refractivity contribution in [1.29, 1.82) is 0 Å². The van der Waals surface area contributed by atoms with Gasteiger partial charge in [-0.05, 0) is 18.8 Å². The summed E-state index contributed by atoms with van der Waals surface area (Å²) < 4.78 is 0. The summed E-state index contributed by atoms with van der Waals surface area (Å²) in [6.07, 6.45) is 2.26. The predicted molar refractivity (Wildman–Crippen MR) is 30.3 cm³/mol.